The number of pyridine rings is 1. The van der Waals surface area contributed by atoms with Gasteiger partial charge in [0.25, 0.3) is 0 Å². The molecule has 17 heavy (non-hydrogen) atoms. The van der Waals surface area contributed by atoms with Crippen LogP contribution in [-0.4, -0.2) is 53.7 Å². The molecule has 0 radical (unpaired) electrons. The van der Waals surface area contributed by atoms with E-state index in [2.05, 4.69) is 9.88 Å². The van der Waals surface area contributed by atoms with E-state index in [1.54, 1.807) is 4.90 Å². The maximum Gasteiger partial charge on any atom is 0.248 e. The average molecular weight is 235 g/mol. The molecule has 1 fully saturated rings. The summed E-state index contributed by atoms with van der Waals surface area (Å²) < 4.78 is 0. The van der Waals surface area contributed by atoms with E-state index in [4.69, 9.17) is 5.11 Å². The summed E-state index contributed by atoms with van der Waals surface area (Å²) in [6.45, 7) is 4.46. The number of aromatic nitrogens is 1. The number of carbonyl (C=O) groups excluding carboxylic acids is 1. The van der Waals surface area contributed by atoms with Gasteiger partial charge in [0.05, 0.1) is 11.9 Å². The Kier molecular flexibility index (Phi) is 3.58. The third kappa shape index (κ3) is 2.74. The van der Waals surface area contributed by atoms with Crippen molar-refractivity contribution in [2.45, 2.75) is 6.92 Å². The lowest BCUT2D eigenvalue weighted by Gasteiger charge is -2.35. The predicted molar refractivity (Wildman–Crippen MR) is 64.9 cm³/mol. The number of nitrogens with zero attached hydrogens (tertiary/aromatic N) is 3. The highest BCUT2D eigenvalue weighted by Crippen LogP contribution is 2.15. The SMILES string of the molecule is Cc1ccc(N2CCN(C(=O)CO)CC2)cn1. The zero-order valence-corrected chi connectivity index (χ0v) is 9.96. The number of anilines is 1. The van der Waals surface area contributed by atoms with Crippen molar-refractivity contribution in [3.05, 3.63) is 24.0 Å². The number of amides is 1. The molecular weight excluding hydrogens is 218 g/mol. The average Bonchev–Trinajstić information content (AvgIpc) is 2.39. The Bertz CT molecular complexity index is 383. The summed E-state index contributed by atoms with van der Waals surface area (Å²) in [5.41, 5.74) is 2.09. The molecule has 0 bridgehead atoms. The van der Waals surface area contributed by atoms with Gasteiger partial charge in [0.1, 0.15) is 6.61 Å². The summed E-state index contributed by atoms with van der Waals surface area (Å²) in [5, 5.41) is 8.79. The number of piperazine rings is 1. The maximum absolute atomic E-state index is 11.3. The summed E-state index contributed by atoms with van der Waals surface area (Å²) in [4.78, 5) is 19.5. The fourth-order valence-electron chi connectivity index (χ4n) is 1.96. The molecule has 1 aromatic heterocycles. The highest BCUT2D eigenvalue weighted by Gasteiger charge is 2.20. The molecule has 1 aliphatic rings. The molecule has 5 nitrogen and oxygen atoms in total. The van der Waals surface area contributed by atoms with Crippen LogP contribution in [-0.2, 0) is 4.79 Å². The van der Waals surface area contributed by atoms with Crippen LogP contribution in [0.5, 0.6) is 0 Å². The van der Waals surface area contributed by atoms with Crippen molar-refractivity contribution >= 4 is 11.6 Å². The lowest BCUT2D eigenvalue weighted by Crippen LogP contribution is -2.49. The molecule has 2 heterocycles. The van der Waals surface area contributed by atoms with Gasteiger partial charge in [-0.05, 0) is 19.1 Å². The Labute approximate surface area is 101 Å². The van der Waals surface area contributed by atoms with Crippen molar-refractivity contribution in [2.24, 2.45) is 0 Å². The second-order valence-electron chi connectivity index (χ2n) is 4.18. The highest BCUT2D eigenvalue weighted by molar-refractivity contribution is 5.77. The minimum absolute atomic E-state index is 0.188. The van der Waals surface area contributed by atoms with Crippen LogP contribution < -0.4 is 4.90 Å². The van der Waals surface area contributed by atoms with Gasteiger partial charge in [0.2, 0.25) is 5.91 Å². The van der Waals surface area contributed by atoms with Crippen molar-refractivity contribution in [3.8, 4) is 0 Å². The maximum atomic E-state index is 11.3. The van der Waals surface area contributed by atoms with Gasteiger partial charge in [0.15, 0.2) is 0 Å². The molecule has 1 aromatic rings. The molecule has 5 heteroatoms. The van der Waals surface area contributed by atoms with E-state index in [0.717, 1.165) is 24.5 Å². The molecule has 0 unspecified atom stereocenters. The Balaban J connectivity index is 1.95. The second kappa shape index (κ2) is 5.14. The minimum Gasteiger partial charge on any atom is -0.387 e. The molecule has 0 atom stereocenters. The van der Waals surface area contributed by atoms with E-state index in [-0.39, 0.29) is 5.91 Å². The van der Waals surface area contributed by atoms with E-state index < -0.39 is 6.61 Å². The van der Waals surface area contributed by atoms with Gasteiger partial charge >= 0.3 is 0 Å². The molecule has 1 N–H and O–H groups in total. The van der Waals surface area contributed by atoms with Crippen LogP contribution in [0.2, 0.25) is 0 Å². The zero-order valence-electron chi connectivity index (χ0n) is 9.96. The fourth-order valence-corrected chi connectivity index (χ4v) is 1.96. The molecule has 92 valence electrons. The molecule has 2 rings (SSSR count). The monoisotopic (exact) mass is 235 g/mol. The summed E-state index contributed by atoms with van der Waals surface area (Å²) >= 11 is 0. The minimum atomic E-state index is -0.397. The normalized spacial score (nSPS) is 16.1. The third-order valence-electron chi connectivity index (χ3n) is 3.03. The van der Waals surface area contributed by atoms with E-state index in [1.807, 2.05) is 25.3 Å². The molecule has 1 aliphatic heterocycles. The Morgan fingerprint density at radius 2 is 2.06 bits per heavy atom. The highest BCUT2D eigenvalue weighted by atomic mass is 16.3. The van der Waals surface area contributed by atoms with E-state index >= 15 is 0 Å². The molecule has 0 spiro atoms. The van der Waals surface area contributed by atoms with Crippen molar-refractivity contribution in [2.75, 3.05) is 37.7 Å². The van der Waals surface area contributed by atoms with Crippen LogP contribution >= 0.6 is 0 Å². The van der Waals surface area contributed by atoms with Gasteiger partial charge in [-0.15, -0.1) is 0 Å². The molecular formula is C12H17N3O2. The van der Waals surface area contributed by atoms with Gasteiger partial charge in [-0.2, -0.15) is 0 Å². The van der Waals surface area contributed by atoms with Gasteiger partial charge in [-0.25, -0.2) is 0 Å². The van der Waals surface area contributed by atoms with Crippen LogP contribution in [0.4, 0.5) is 5.69 Å². The number of rotatable bonds is 2. The third-order valence-corrected chi connectivity index (χ3v) is 3.03. The predicted octanol–water partition coefficient (Wildman–Crippen LogP) is 0.0309. The van der Waals surface area contributed by atoms with Crippen LogP contribution in [0.3, 0.4) is 0 Å². The second-order valence-corrected chi connectivity index (χ2v) is 4.18. The molecule has 0 aromatic carbocycles. The largest absolute Gasteiger partial charge is 0.387 e. The molecule has 1 saturated heterocycles. The number of aliphatic hydroxyl groups excluding tert-OH is 1. The van der Waals surface area contributed by atoms with E-state index in [1.165, 1.54) is 0 Å². The summed E-state index contributed by atoms with van der Waals surface area (Å²) in [6, 6.07) is 4.03. The van der Waals surface area contributed by atoms with E-state index in [0.29, 0.717) is 13.1 Å². The van der Waals surface area contributed by atoms with Crippen LogP contribution in [0.15, 0.2) is 18.3 Å². The van der Waals surface area contributed by atoms with E-state index in [9.17, 15) is 4.79 Å². The summed E-state index contributed by atoms with van der Waals surface area (Å²) in [5.74, 6) is -0.188. The number of aliphatic hydroxyl groups is 1. The lowest BCUT2D eigenvalue weighted by molar-refractivity contribution is -0.134. The number of carbonyl (C=O) groups is 1. The van der Waals surface area contributed by atoms with Crippen LogP contribution in [0, 0.1) is 6.92 Å². The van der Waals surface area contributed by atoms with Crippen molar-refractivity contribution in [3.63, 3.8) is 0 Å². The first-order valence-electron chi connectivity index (χ1n) is 5.77. The molecule has 1 amide bonds. The fraction of sp³-hybridized carbons (Fsp3) is 0.500. The van der Waals surface area contributed by atoms with Crippen LogP contribution in [0.25, 0.3) is 0 Å². The van der Waals surface area contributed by atoms with Crippen molar-refractivity contribution in [1.29, 1.82) is 0 Å². The lowest BCUT2D eigenvalue weighted by atomic mass is 10.2. The van der Waals surface area contributed by atoms with Crippen molar-refractivity contribution < 1.29 is 9.90 Å². The van der Waals surface area contributed by atoms with Gasteiger partial charge in [-0.1, -0.05) is 0 Å². The summed E-state index contributed by atoms with van der Waals surface area (Å²) in [7, 11) is 0. The first-order chi connectivity index (χ1) is 8.20. The topological polar surface area (TPSA) is 56.7 Å². The standard InChI is InChI=1S/C12H17N3O2/c1-10-2-3-11(8-13-10)14-4-6-15(7-5-14)12(17)9-16/h2-3,8,16H,4-7,9H2,1H3. The quantitative estimate of drug-likeness (QED) is 0.786. The summed E-state index contributed by atoms with van der Waals surface area (Å²) in [6.07, 6.45) is 1.86. The van der Waals surface area contributed by atoms with Gasteiger partial charge < -0.3 is 14.9 Å². The zero-order chi connectivity index (χ0) is 12.3. The molecule has 0 aliphatic carbocycles. The smallest absolute Gasteiger partial charge is 0.248 e. The molecule has 0 saturated carbocycles. The van der Waals surface area contributed by atoms with Crippen molar-refractivity contribution in [1.82, 2.24) is 9.88 Å². The first-order valence-corrected chi connectivity index (χ1v) is 5.77. The van der Waals surface area contributed by atoms with Gasteiger partial charge in [-0.3, -0.25) is 9.78 Å². The first kappa shape index (κ1) is 11.9. The Hall–Kier alpha value is -1.62. The Morgan fingerprint density at radius 1 is 1.35 bits per heavy atom. The number of hydrogen-bond donors (Lipinski definition) is 1. The number of aryl methyl sites for hydroxylation is 1. The Morgan fingerprint density at radius 3 is 2.59 bits per heavy atom. The van der Waals surface area contributed by atoms with Crippen LogP contribution in [0.1, 0.15) is 5.69 Å². The van der Waals surface area contributed by atoms with Gasteiger partial charge in [0, 0.05) is 31.9 Å². The number of hydrogen-bond acceptors (Lipinski definition) is 4.